The number of ether oxygens (including phenoxy) is 1. The van der Waals surface area contributed by atoms with E-state index in [1.54, 1.807) is 6.20 Å². The third-order valence-corrected chi connectivity index (χ3v) is 5.12. The number of anilines is 1. The summed E-state index contributed by atoms with van der Waals surface area (Å²) in [7, 11) is 0. The van der Waals surface area contributed by atoms with Gasteiger partial charge in [-0.05, 0) is 30.4 Å². The van der Waals surface area contributed by atoms with Crippen LogP contribution in [0.5, 0.6) is 0 Å². The molecule has 1 fully saturated rings. The zero-order valence-corrected chi connectivity index (χ0v) is 14.3. The molecule has 6 heteroatoms. The van der Waals surface area contributed by atoms with Crippen molar-refractivity contribution < 1.29 is 9.53 Å². The van der Waals surface area contributed by atoms with E-state index in [1.807, 2.05) is 22.9 Å². The molecular weight excluding hydrogens is 316 g/mol. The number of carbonyl (C=O) groups is 1. The molecule has 1 aromatic heterocycles. The van der Waals surface area contributed by atoms with E-state index in [0.29, 0.717) is 19.2 Å². The second-order valence-electron chi connectivity index (χ2n) is 6.74. The van der Waals surface area contributed by atoms with Gasteiger partial charge in [0, 0.05) is 12.6 Å². The molecular formula is C19H24N4O2. The summed E-state index contributed by atoms with van der Waals surface area (Å²) in [6.45, 7) is 1.15. The fourth-order valence-corrected chi connectivity index (χ4v) is 3.84. The number of hydrogen-bond acceptors (Lipinski definition) is 3. The molecule has 1 aliphatic carbocycles. The molecule has 1 saturated carbocycles. The van der Waals surface area contributed by atoms with Gasteiger partial charge in [0.1, 0.15) is 11.9 Å². The lowest BCUT2D eigenvalue weighted by atomic mass is 9.98. The van der Waals surface area contributed by atoms with E-state index in [4.69, 9.17) is 4.74 Å². The third kappa shape index (κ3) is 3.54. The number of nitrogens with zero attached hydrogens (tertiary/aromatic N) is 2. The first kappa shape index (κ1) is 16.1. The van der Waals surface area contributed by atoms with E-state index in [9.17, 15) is 4.79 Å². The minimum atomic E-state index is -0.216. The highest BCUT2D eigenvalue weighted by Gasteiger charge is 2.22. The number of aromatic nitrogens is 2. The van der Waals surface area contributed by atoms with Crippen molar-refractivity contribution in [1.82, 2.24) is 15.1 Å². The van der Waals surface area contributed by atoms with Crippen LogP contribution in [0.1, 0.15) is 49.0 Å². The Labute approximate surface area is 147 Å². The van der Waals surface area contributed by atoms with Crippen LogP contribution >= 0.6 is 0 Å². The van der Waals surface area contributed by atoms with Crippen molar-refractivity contribution in [2.24, 2.45) is 0 Å². The SMILES string of the molecule is O=C(NC[C@@H]1OCCc2ccccc21)Nc1ccnn1C1CCCC1. The predicted molar refractivity (Wildman–Crippen MR) is 95.6 cm³/mol. The highest BCUT2D eigenvalue weighted by molar-refractivity contribution is 5.88. The van der Waals surface area contributed by atoms with Crippen LogP contribution in [-0.4, -0.2) is 29.0 Å². The zero-order chi connectivity index (χ0) is 17.1. The Balaban J connectivity index is 1.35. The van der Waals surface area contributed by atoms with Crippen LogP contribution in [0.2, 0.25) is 0 Å². The van der Waals surface area contributed by atoms with Crippen molar-refractivity contribution in [3.8, 4) is 0 Å². The Bertz CT molecular complexity index is 737. The standard InChI is InChI=1S/C19H24N4O2/c24-19(22-18-9-11-21-23(18)15-6-2-3-7-15)20-13-17-16-8-4-1-5-14(16)10-12-25-17/h1,4-5,8-9,11,15,17H,2-3,6-7,10,12-13H2,(H2,20,22,24)/t17-/m0/s1. The van der Waals surface area contributed by atoms with Crippen LogP contribution < -0.4 is 10.6 Å². The van der Waals surface area contributed by atoms with Crippen LogP contribution in [0.3, 0.4) is 0 Å². The topological polar surface area (TPSA) is 68.2 Å². The number of amides is 2. The van der Waals surface area contributed by atoms with Gasteiger partial charge in [0.05, 0.1) is 18.8 Å². The van der Waals surface area contributed by atoms with Crippen molar-refractivity contribution in [2.75, 3.05) is 18.5 Å². The van der Waals surface area contributed by atoms with Crippen molar-refractivity contribution >= 4 is 11.8 Å². The molecule has 2 aromatic rings. The van der Waals surface area contributed by atoms with Gasteiger partial charge < -0.3 is 10.1 Å². The molecule has 1 aromatic carbocycles. The molecule has 132 valence electrons. The van der Waals surface area contributed by atoms with Gasteiger partial charge in [0.2, 0.25) is 0 Å². The average Bonchev–Trinajstić information content (AvgIpc) is 3.31. The Morgan fingerprint density at radius 2 is 2.08 bits per heavy atom. The molecule has 1 aliphatic heterocycles. The van der Waals surface area contributed by atoms with Crippen molar-refractivity contribution in [3.05, 3.63) is 47.7 Å². The summed E-state index contributed by atoms with van der Waals surface area (Å²) in [5, 5.41) is 10.2. The molecule has 25 heavy (non-hydrogen) atoms. The third-order valence-electron chi connectivity index (χ3n) is 5.12. The van der Waals surface area contributed by atoms with E-state index in [2.05, 4.69) is 27.9 Å². The quantitative estimate of drug-likeness (QED) is 0.896. The maximum atomic E-state index is 12.3. The van der Waals surface area contributed by atoms with Gasteiger partial charge in [-0.1, -0.05) is 37.1 Å². The fourth-order valence-electron chi connectivity index (χ4n) is 3.84. The lowest BCUT2D eigenvalue weighted by Gasteiger charge is -2.26. The van der Waals surface area contributed by atoms with E-state index in [0.717, 1.165) is 25.1 Å². The second kappa shape index (κ2) is 7.27. The van der Waals surface area contributed by atoms with Gasteiger partial charge in [-0.15, -0.1) is 0 Å². The number of nitrogens with one attached hydrogen (secondary N) is 2. The van der Waals surface area contributed by atoms with Gasteiger partial charge in [0.25, 0.3) is 0 Å². The Morgan fingerprint density at radius 1 is 1.24 bits per heavy atom. The summed E-state index contributed by atoms with van der Waals surface area (Å²) in [6.07, 6.45) is 7.31. The summed E-state index contributed by atoms with van der Waals surface area (Å²) in [4.78, 5) is 12.3. The molecule has 0 unspecified atom stereocenters. The molecule has 0 spiro atoms. The summed E-state index contributed by atoms with van der Waals surface area (Å²) in [5.74, 6) is 0.759. The van der Waals surface area contributed by atoms with Gasteiger partial charge in [-0.25, -0.2) is 9.48 Å². The number of benzene rings is 1. The number of hydrogen-bond donors (Lipinski definition) is 2. The molecule has 0 bridgehead atoms. The van der Waals surface area contributed by atoms with E-state index >= 15 is 0 Å². The summed E-state index contributed by atoms with van der Waals surface area (Å²) in [6, 6.07) is 10.3. The minimum absolute atomic E-state index is 0.0876. The van der Waals surface area contributed by atoms with Gasteiger partial charge in [-0.2, -0.15) is 5.10 Å². The molecule has 6 nitrogen and oxygen atoms in total. The second-order valence-corrected chi connectivity index (χ2v) is 6.74. The molecule has 2 heterocycles. The highest BCUT2D eigenvalue weighted by Crippen LogP contribution is 2.31. The number of urea groups is 1. The lowest BCUT2D eigenvalue weighted by Crippen LogP contribution is -2.35. The summed E-state index contributed by atoms with van der Waals surface area (Å²) in [5.41, 5.74) is 2.48. The Kier molecular flexibility index (Phi) is 4.70. The summed E-state index contributed by atoms with van der Waals surface area (Å²) < 4.78 is 7.78. The van der Waals surface area contributed by atoms with Crippen LogP contribution in [0, 0.1) is 0 Å². The Morgan fingerprint density at radius 3 is 2.96 bits per heavy atom. The smallest absolute Gasteiger partial charge is 0.320 e. The predicted octanol–water partition coefficient (Wildman–Crippen LogP) is 3.43. The molecule has 4 rings (SSSR count). The summed E-state index contributed by atoms with van der Waals surface area (Å²) >= 11 is 0. The maximum absolute atomic E-state index is 12.3. The Hall–Kier alpha value is -2.34. The van der Waals surface area contributed by atoms with Gasteiger partial charge in [0.15, 0.2) is 0 Å². The molecule has 0 radical (unpaired) electrons. The number of fused-ring (bicyclic) bond motifs is 1. The van der Waals surface area contributed by atoms with Gasteiger partial charge in [-0.3, -0.25) is 5.32 Å². The van der Waals surface area contributed by atoms with Gasteiger partial charge >= 0.3 is 6.03 Å². The molecule has 2 aliphatic rings. The van der Waals surface area contributed by atoms with Crippen LogP contribution in [-0.2, 0) is 11.2 Å². The molecule has 0 saturated heterocycles. The first-order chi connectivity index (χ1) is 12.3. The normalized spacial score (nSPS) is 20.2. The monoisotopic (exact) mass is 340 g/mol. The average molecular weight is 340 g/mol. The minimum Gasteiger partial charge on any atom is -0.371 e. The molecule has 2 amide bonds. The van der Waals surface area contributed by atoms with Crippen LogP contribution in [0.15, 0.2) is 36.5 Å². The lowest BCUT2D eigenvalue weighted by molar-refractivity contribution is 0.0444. The first-order valence-corrected chi connectivity index (χ1v) is 9.09. The van der Waals surface area contributed by atoms with E-state index in [-0.39, 0.29) is 12.1 Å². The maximum Gasteiger partial charge on any atom is 0.320 e. The largest absolute Gasteiger partial charge is 0.371 e. The van der Waals surface area contributed by atoms with E-state index in [1.165, 1.54) is 24.0 Å². The van der Waals surface area contributed by atoms with Crippen molar-refractivity contribution in [1.29, 1.82) is 0 Å². The van der Waals surface area contributed by atoms with E-state index < -0.39 is 0 Å². The van der Waals surface area contributed by atoms with Crippen LogP contribution in [0.4, 0.5) is 10.6 Å². The van der Waals surface area contributed by atoms with Crippen molar-refractivity contribution in [2.45, 2.75) is 44.2 Å². The number of carbonyl (C=O) groups excluding carboxylic acids is 1. The highest BCUT2D eigenvalue weighted by atomic mass is 16.5. The van der Waals surface area contributed by atoms with Crippen LogP contribution in [0.25, 0.3) is 0 Å². The fraction of sp³-hybridized carbons (Fsp3) is 0.474. The number of rotatable bonds is 4. The molecule has 2 N–H and O–H groups in total. The molecule has 1 atom stereocenters. The first-order valence-electron chi connectivity index (χ1n) is 9.09. The zero-order valence-electron chi connectivity index (χ0n) is 14.3. The van der Waals surface area contributed by atoms with Crippen molar-refractivity contribution in [3.63, 3.8) is 0 Å².